The molecule has 8 heteroatoms. The van der Waals surface area contributed by atoms with Gasteiger partial charge in [0.1, 0.15) is 11.6 Å². The van der Waals surface area contributed by atoms with Crippen LogP contribution in [0.5, 0.6) is 0 Å². The summed E-state index contributed by atoms with van der Waals surface area (Å²) in [6, 6.07) is 26.4. The molecule has 7 nitrogen and oxygen atoms in total. The molecule has 4 heterocycles. The molecule has 42 heavy (non-hydrogen) atoms. The number of rotatable bonds is 5. The van der Waals surface area contributed by atoms with Gasteiger partial charge in [0.05, 0.1) is 27.6 Å². The summed E-state index contributed by atoms with van der Waals surface area (Å²) in [5, 5.41) is 5.85. The summed E-state index contributed by atoms with van der Waals surface area (Å²) in [7, 11) is 2.23. The number of nitrogens with two attached hydrogens (primary N) is 1. The number of aromatic nitrogens is 3. The SMILES string of the molecule is CN1C2CCC1CC(Nc1cc(-n3c4ccccc4c4c(-c5nc6ccc(F)cc6[nH]5)cccc43)ccc1C(N)=O)C2. The van der Waals surface area contributed by atoms with E-state index in [-0.39, 0.29) is 11.9 Å². The van der Waals surface area contributed by atoms with E-state index < -0.39 is 5.91 Å². The molecule has 4 N–H and O–H groups in total. The van der Waals surface area contributed by atoms with Crippen molar-refractivity contribution < 1.29 is 9.18 Å². The lowest BCUT2D eigenvalue weighted by atomic mass is 9.97. The molecule has 8 rings (SSSR count). The van der Waals surface area contributed by atoms with Gasteiger partial charge >= 0.3 is 0 Å². The van der Waals surface area contributed by atoms with E-state index in [0.717, 1.165) is 51.6 Å². The molecule has 0 spiro atoms. The Hall–Kier alpha value is -4.69. The molecule has 2 aliphatic rings. The molecule has 2 unspecified atom stereocenters. The second kappa shape index (κ2) is 9.42. The predicted octanol–water partition coefficient (Wildman–Crippen LogP) is 6.60. The lowest BCUT2D eigenvalue weighted by Crippen LogP contribution is -2.44. The summed E-state index contributed by atoms with van der Waals surface area (Å²) in [6.45, 7) is 0. The minimum atomic E-state index is -0.439. The van der Waals surface area contributed by atoms with Gasteiger partial charge in [-0.1, -0.05) is 30.3 Å². The number of nitrogens with zero attached hydrogens (tertiary/aromatic N) is 3. The van der Waals surface area contributed by atoms with Crippen molar-refractivity contribution in [1.82, 2.24) is 19.4 Å². The molecule has 6 aromatic rings. The maximum absolute atomic E-state index is 13.9. The number of benzene rings is 4. The number of anilines is 1. The van der Waals surface area contributed by atoms with Gasteiger partial charge < -0.3 is 25.5 Å². The van der Waals surface area contributed by atoms with Crippen LogP contribution in [0.3, 0.4) is 0 Å². The van der Waals surface area contributed by atoms with Gasteiger partial charge in [0, 0.05) is 45.8 Å². The zero-order valence-corrected chi connectivity index (χ0v) is 23.3. The Morgan fingerprint density at radius 3 is 2.57 bits per heavy atom. The first kappa shape index (κ1) is 25.1. The summed E-state index contributed by atoms with van der Waals surface area (Å²) in [6.07, 6.45) is 4.56. The van der Waals surface area contributed by atoms with Crippen LogP contribution < -0.4 is 11.1 Å². The lowest BCUT2D eigenvalue weighted by Gasteiger charge is -2.37. The molecule has 4 aromatic carbocycles. The molecule has 0 radical (unpaired) electrons. The number of H-pyrrole nitrogens is 1. The maximum Gasteiger partial charge on any atom is 0.250 e. The van der Waals surface area contributed by atoms with Crippen molar-refractivity contribution in [2.75, 3.05) is 12.4 Å². The Labute approximate surface area is 242 Å². The number of imidazole rings is 1. The van der Waals surface area contributed by atoms with Crippen LogP contribution >= 0.6 is 0 Å². The lowest BCUT2D eigenvalue weighted by molar-refractivity contribution is 0.100. The number of amides is 1. The molecule has 0 aliphatic carbocycles. The molecule has 2 saturated heterocycles. The third-order valence-corrected chi connectivity index (χ3v) is 9.38. The van der Waals surface area contributed by atoms with E-state index in [1.807, 2.05) is 36.4 Å². The highest BCUT2D eigenvalue weighted by atomic mass is 19.1. The second-order valence-electron chi connectivity index (χ2n) is 11.8. The maximum atomic E-state index is 13.9. The van der Waals surface area contributed by atoms with Crippen molar-refractivity contribution in [3.05, 3.63) is 90.2 Å². The molecule has 2 atom stereocenters. The quantitative estimate of drug-likeness (QED) is 0.222. The monoisotopic (exact) mass is 558 g/mol. The van der Waals surface area contributed by atoms with Crippen LogP contribution in [-0.4, -0.2) is 50.5 Å². The average Bonchev–Trinajstić information content (AvgIpc) is 3.61. The van der Waals surface area contributed by atoms with Crippen molar-refractivity contribution >= 4 is 44.4 Å². The van der Waals surface area contributed by atoms with E-state index in [9.17, 15) is 9.18 Å². The standard InChI is InChI=1S/C34H31FN6O/c1-40-21-10-11-22(40)17-20(16-21)37-28-18-23(12-13-24(28)33(36)42)41-30-7-3-2-5-25(30)32-26(6-4-8-31(32)41)34-38-27-14-9-19(35)15-29(27)39-34/h2-9,12-15,18,20-22,37H,10-11,16-17H2,1H3,(H2,36,42)(H,38,39). The number of carbonyl (C=O) groups excluding carboxylic acids is 1. The number of piperidine rings is 1. The molecule has 2 aliphatic heterocycles. The Morgan fingerprint density at radius 1 is 0.976 bits per heavy atom. The molecule has 1 amide bonds. The molecule has 0 saturated carbocycles. The summed E-state index contributed by atoms with van der Waals surface area (Å²) in [5.74, 6) is -0.0533. The fourth-order valence-electron chi connectivity index (χ4n) is 7.36. The van der Waals surface area contributed by atoms with Crippen molar-refractivity contribution in [3.63, 3.8) is 0 Å². The van der Waals surface area contributed by atoms with Crippen LogP contribution in [0.4, 0.5) is 10.1 Å². The Bertz CT molecular complexity index is 2010. The number of para-hydroxylation sites is 1. The number of hydrogen-bond donors (Lipinski definition) is 3. The minimum Gasteiger partial charge on any atom is -0.381 e. The largest absolute Gasteiger partial charge is 0.381 e. The van der Waals surface area contributed by atoms with Gasteiger partial charge in [-0.15, -0.1) is 0 Å². The highest BCUT2D eigenvalue weighted by Gasteiger charge is 2.38. The normalized spacial score (nSPS) is 20.6. The van der Waals surface area contributed by atoms with Crippen LogP contribution in [0.15, 0.2) is 78.9 Å². The van der Waals surface area contributed by atoms with Gasteiger partial charge in [-0.05, 0) is 81.3 Å². The topological polar surface area (TPSA) is 92.0 Å². The molecule has 210 valence electrons. The van der Waals surface area contributed by atoms with Gasteiger partial charge in [0.2, 0.25) is 0 Å². The zero-order chi connectivity index (χ0) is 28.5. The van der Waals surface area contributed by atoms with E-state index in [1.165, 1.54) is 25.0 Å². The van der Waals surface area contributed by atoms with Gasteiger partial charge in [0.15, 0.2) is 0 Å². The van der Waals surface area contributed by atoms with Gasteiger partial charge in [-0.25, -0.2) is 9.37 Å². The fourth-order valence-corrected chi connectivity index (χ4v) is 7.36. The number of halogens is 1. The third kappa shape index (κ3) is 3.89. The van der Waals surface area contributed by atoms with Gasteiger partial charge in [0.25, 0.3) is 5.91 Å². The number of carbonyl (C=O) groups is 1. The first-order chi connectivity index (χ1) is 20.4. The highest BCUT2D eigenvalue weighted by Crippen LogP contribution is 2.40. The van der Waals surface area contributed by atoms with Crippen molar-refractivity contribution in [2.45, 2.75) is 43.8 Å². The van der Waals surface area contributed by atoms with Crippen molar-refractivity contribution in [1.29, 1.82) is 0 Å². The first-order valence-corrected chi connectivity index (χ1v) is 14.5. The summed E-state index contributed by atoms with van der Waals surface area (Å²) >= 11 is 0. The number of nitrogens with one attached hydrogen (secondary N) is 2. The van der Waals surface area contributed by atoms with Crippen LogP contribution in [0.25, 0.3) is 49.9 Å². The van der Waals surface area contributed by atoms with Crippen LogP contribution in [0, 0.1) is 5.82 Å². The van der Waals surface area contributed by atoms with Crippen LogP contribution in [0.1, 0.15) is 36.0 Å². The molecule has 2 bridgehead atoms. The van der Waals surface area contributed by atoms with E-state index in [4.69, 9.17) is 10.7 Å². The van der Waals surface area contributed by atoms with Crippen molar-refractivity contribution in [3.8, 4) is 17.1 Å². The number of primary amides is 1. The highest BCUT2D eigenvalue weighted by molar-refractivity contribution is 6.15. The molecular weight excluding hydrogens is 527 g/mol. The third-order valence-electron chi connectivity index (χ3n) is 9.38. The predicted molar refractivity (Wildman–Crippen MR) is 166 cm³/mol. The molecule has 2 aromatic heterocycles. The summed E-state index contributed by atoms with van der Waals surface area (Å²) in [5.41, 5.74) is 12.4. The average molecular weight is 559 g/mol. The van der Waals surface area contributed by atoms with Crippen molar-refractivity contribution in [2.24, 2.45) is 5.73 Å². The Balaban J connectivity index is 1.28. The van der Waals surface area contributed by atoms with E-state index in [2.05, 4.69) is 51.1 Å². The number of hydrogen-bond acceptors (Lipinski definition) is 4. The number of fused-ring (bicyclic) bond motifs is 6. The smallest absolute Gasteiger partial charge is 0.250 e. The second-order valence-corrected chi connectivity index (χ2v) is 11.8. The first-order valence-electron chi connectivity index (χ1n) is 14.5. The zero-order valence-electron chi connectivity index (χ0n) is 23.3. The molecular formula is C34H31FN6O. The summed E-state index contributed by atoms with van der Waals surface area (Å²) in [4.78, 5) is 23.1. The number of aromatic amines is 1. The van der Waals surface area contributed by atoms with E-state index in [1.54, 1.807) is 6.07 Å². The van der Waals surface area contributed by atoms with Crippen LogP contribution in [0.2, 0.25) is 0 Å². The van der Waals surface area contributed by atoms with Gasteiger partial charge in [-0.3, -0.25) is 4.79 Å². The van der Waals surface area contributed by atoms with E-state index >= 15 is 0 Å². The van der Waals surface area contributed by atoms with Gasteiger partial charge in [-0.2, -0.15) is 0 Å². The van der Waals surface area contributed by atoms with Crippen LogP contribution in [-0.2, 0) is 0 Å². The Kier molecular flexibility index (Phi) is 5.62. The summed E-state index contributed by atoms with van der Waals surface area (Å²) < 4.78 is 16.2. The minimum absolute atomic E-state index is 0.287. The fraction of sp³-hybridized carbons (Fsp3) is 0.235. The van der Waals surface area contributed by atoms with E-state index in [0.29, 0.717) is 34.5 Å². The Morgan fingerprint density at radius 2 is 1.76 bits per heavy atom. The molecule has 2 fully saturated rings.